The van der Waals surface area contributed by atoms with Gasteiger partial charge in [-0.05, 0) is 24.9 Å². The summed E-state index contributed by atoms with van der Waals surface area (Å²) in [5.41, 5.74) is 0. The zero-order valence-corrected chi connectivity index (χ0v) is 8.56. The van der Waals surface area contributed by atoms with E-state index in [0.717, 1.165) is 6.61 Å². The summed E-state index contributed by atoms with van der Waals surface area (Å²) in [4.78, 5) is 0. The van der Waals surface area contributed by atoms with Crippen LogP contribution in [-0.2, 0) is 8.85 Å². The Kier molecular flexibility index (Phi) is 3.55. The average molecular weight is 174 g/mol. The van der Waals surface area contributed by atoms with Crippen LogP contribution in [0.4, 0.5) is 0 Å². The molecule has 2 nitrogen and oxygen atoms in total. The van der Waals surface area contributed by atoms with Crippen LogP contribution in [0.3, 0.4) is 0 Å². The average Bonchev–Trinajstić information content (AvgIpc) is 2.07. The summed E-state index contributed by atoms with van der Waals surface area (Å²) >= 11 is 0. The molecular weight excluding hydrogens is 156 g/mol. The van der Waals surface area contributed by atoms with Gasteiger partial charge >= 0.3 is 8.56 Å². The minimum atomic E-state index is -1.66. The van der Waals surface area contributed by atoms with Gasteiger partial charge in [0, 0.05) is 13.7 Å². The van der Waals surface area contributed by atoms with Gasteiger partial charge in [0.25, 0.3) is 0 Å². The zero-order valence-electron chi connectivity index (χ0n) is 7.56. The quantitative estimate of drug-likeness (QED) is 0.611. The number of rotatable bonds is 3. The molecule has 3 heteroatoms. The van der Waals surface area contributed by atoms with Gasteiger partial charge in [-0.1, -0.05) is 13.3 Å². The third-order valence-corrected chi connectivity index (χ3v) is 6.17. The Bertz CT molecular complexity index is 105. The first-order valence-corrected chi connectivity index (χ1v) is 6.75. The molecule has 1 aliphatic rings. The predicted molar refractivity (Wildman–Crippen MR) is 47.9 cm³/mol. The van der Waals surface area contributed by atoms with Gasteiger partial charge < -0.3 is 8.85 Å². The van der Waals surface area contributed by atoms with Crippen LogP contribution in [0.1, 0.15) is 26.2 Å². The standard InChI is InChI=1S/C8H18O2Si/c1-3-7-11(9-2)8-5-4-6-10-11/h3-8H2,1-2H3. The molecule has 1 fully saturated rings. The van der Waals surface area contributed by atoms with Crippen LogP contribution < -0.4 is 0 Å². The van der Waals surface area contributed by atoms with Gasteiger partial charge in [-0.3, -0.25) is 0 Å². The van der Waals surface area contributed by atoms with Crippen LogP contribution >= 0.6 is 0 Å². The topological polar surface area (TPSA) is 18.5 Å². The first-order valence-electron chi connectivity index (χ1n) is 4.52. The fourth-order valence-corrected chi connectivity index (χ4v) is 4.80. The Morgan fingerprint density at radius 2 is 2.27 bits per heavy atom. The molecule has 0 aliphatic carbocycles. The normalized spacial score (nSPS) is 32.2. The van der Waals surface area contributed by atoms with Crippen molar-refractivity contribution in [1.82, 2.24) is 0 Å². The molecule has 0 amide bonds. The molecule has 66 valence electrons. The summed E-state index contributed by atoms with van der Waals surface area (Å²) in [7, 11) is 0.156. The van der Waals surface area contributed by atoms with Gasteiger partial charge in [0.1, 0.15) is 0 Å². The Balaban J connectivity index is 2.42. The minimum absolute atomic E-state index is 0.931. The molecule has 0 radical (unpaired) electrons. The summed E-state index contributed by atoms with van der Waals surface area (Å²) in [5.74, 6) is 0. The van der Waals surface area contributed by atoms with E-state index in [1.54, 1.807) is 0 Å². The van der Waals surface area contributed by atoms with Crippen molar-refractivity contribution in [2.24, 2.45) is 0 Å². The largest absolute Gasteiger partial charge is 0.398 e. The summed E-state index contributed by atoms with van der Waals surface area (Å²) in [5, 5.41) is 0. The van der Waals surface area contributed by atoms with Crippen molar-refractivity contribution in [3.8, 4) is 0 Å². The van der Waals surface area contributed by atoms with Crippen LogP contribution in [-0.4, -0.2) is 22.3 Å². The van der Waals surface area contributed by atoms with Crippen LogP contribution in [0, 0.1) is 0 Å². The minimum Gasteiger partial charge on any atom is -0.398 e. The first-order chi connectivity index (χ1) is 5.33. The molecular formula is C8H18O2Si. The Morgan fingerprint density at radius 3 is 2.73 bits per heavy atom. The summed E-state index contributed by atoms with van der Waals surface area (Å²) < 4.78 is 11.3. The smallest absolute Gasteiger partial charge is 0.337 e. The molecule has 0 aromatic heterocycles. The molecule has 0 aromatic rings. The lowest BCUT2D eigenvalue weighted by Gasteiger charge is -2.32. The molecule has 1 saturated heterocycles. The van der Waals surface area contributed by atoms with E-state index in [1.807, 2.05) is 7.11 Å². The second kappa shape index (κ2) is 4.23. The van der Waals surface area contributed by atoms with Crippen molar-refractivity contribution in [1.29, 1.82) is 0 Å². The molecule has 0 bridgehead atoms. The van der Waals surface area contributed by atoms with Gasteiger partial charge in [-0.2, -0.15) is 0 Å². The lowest BCUT2D eigenvalue weighted by atomic mass is 10.4. The molecule has 0 spiro atoms. The van der Waals surface area contributed by atoms with Crippen LogP contribution in [0.25, 0.3) is 0 Å². The molecule has 1 unspecified atom stereocenters. The molecule has 0 aromatic carbocycles. The molecule has 11 heavy (non-hydrogen) atoms. The third-order valence-electron chi connectivity index (χ3n) is 2.32. The Hall–Kier alpha value is 0.137. The van der Waals surface area contributed by atoms with Crippen molar-refractivity contribution >= 4 is 8.56 Å². The lowest BCUT2D eigenvalue weighted by molar-refractivity contribution is 0.174. The van der Waals surface area contributed by atoms with E-state index in [1.165, 1.54) is 31.4 Å². The van der Waals surface area contributed by atoms with Gasteiger partial charge in [0.05, 0.1) is 0 Å². The SMILES string of the molecule is CCC[Si]1(OC)CCCCO1. The fourth-order valence-electron chi connectivity index (χ4n) is 1.67. The van der Waals surface area contributed by atoms with Crippen LogP contribution in [0.2, 0.25) is 12.1 Å². The Morgan fingerprint density at radius 1 is 1.45 bits per heavy atom. The van der Waals surface area contributed by atoms with Gasteiger partial charge in [0.15, 0.2) is 0 Å². The summed E-state index contributed by atoms with van der Waals surface area (Å²) in [6.07, 6.45) is 3.72. The van der Waals surface area contributed by atoms with E-state index in [2.05, 4.69) is 6.92 Å². The van der Waals surface area contributed by atoms with Crippen molar-refractivity contribution in [2.45, 2.75) is 38.3 Å². The highest BCUT2D eigenvalue weighted by Gasteiger charge is 2.36. The zero-order chi connectivity index (χ0) is 8.16. The first kappa shape index (κ1) is 9.23. The van der Waals surface area contributed by atoms with E-state index in [0.29, 0.717) is 0 Å². The maximum atomic E-state index is 5.77. The summed E-state index contributed by atoms with van der Waals surface area (Å²) in [6.45, 7) is 3.13. The van der Waals surface area contributed by atoms with Crippen molar-refractivity contribution in [3.63, 3.8) is 0 Å². The van der Waals surface area contributed by atoms with Gasteiger partial charge in [-0.15, -0.1) is 0 Å². The monoisotopic (exact) mass is 174 g/mol. The van der Waals surface area contributed by atoms with Crippen molar-refractivity contribution in [3.05, 3.63) is 0 Å². The number of hydrogen-bond donors (Lipinski definition) is 0. The van der Waals surface area contributed by atoms with E-state index in [-0.39, 0.29) is 0 Å². The van der Waals surface area contributed by atoms with Crippen LogP contribution in [0.15, 0.2) is 0 Å². The van der Waals surface area contributed by atoms with E-state index < -0.39 is 8.56 Å². The Labute approximate surface area is 70.1 Å². The van der Waals surface area contributed by atoms with Gasteiger partial charge in [-0.25, -0.2) is 0 Å². The summed E-state index contributed by atoms with van der Waals surface area (Å²) in [6, 6.07) is 2.38. The highest BCUT2D eigenvalue weighted by Crippen LogP contribution is 2.26. The second-order valence-corrected chi connectivity index (χ2v) is 6.69. The molecule has 1 heterocycles. The predicted octanol–water partition coefficient (Wildman–Crippen LogP) is 2.30. The van der Waals surface area contributed by atoms with E-state index in [9.17, 15) is 0 Å². The molecule has 0 saturated carbocycles. The van der Waals surface area contributed by atoms with Crippen molar-refractivity contribution < 1.29 is 8.85 Å². The molecule has 1 atom stereocenters. The molecule has 0 N–H and O–H groups in total. The van der Waals surface area contributed by atoms with Crippen molar-refractivity contribution in [2.75, 3.05) is 13.7 Å². The van der Waals surface area contributed by atoms with Gasteiger partial charge in [0.2, 0.25) is 0 Å². The highest BCUT2D eigenvalue weighted by atomic mass is 28.4. The number of hydrogen-bond acceptors (Lipinski definition) is 2. The maximum Gasteiger partial charge on any atom is 0.337 e. The maximum absolute atomic E-state index is 5.77. The highest BCUT2D eigenvalue weighted by molar-refractivity contribution is 6.67. The van der Waals surface area contributed by atoms with Crippen LogP contribution in [0.5, 0.6) is 0 Å². The van der Waals surface area contributed by atoms with E-state index in [4.69, 9.17) is 8.85 Å². The lowest BCUT2D eigenvalue weighted by Crippen LogP contribution is -2.43. The molecule has 1 rings (SSSR count). The third kappa shape index (κ3) is 2.29. The molecule has 1 aliphatic heterocycles. The fraction of sp³-hybridized carbons (Fsp3) is 1.00. The van der Waals surface area contributed by atoms with E-state index >= 15 is 0 Å². The second-order valence-electron chi connectivity index (χ2n) is 3.17.